The molecule has 2 atom stereocenters. The van der Waals surface area contributed by atoms with Crippen LogP contribution in [0.25, 0.3) is 0 Å². The molecule has 1 saturated heterocycles. The normalized spacial score (nSPS) is 31.9. The Morgan fingerprint density at radius 2 is 2.14 bits per heavy atom. The summed E-state index contributed by atoms with van der Waals surface area (Å²) in [5, 5.41) is 3.08. The summed E-state index contributed by atoms with van der Waals surface area (Å²) in [4.78, 5) is 0. The van der Waals surface area contributed by atoms with Gasteiger partial charge in [0.2, 0.25) is 0 Å². The van der Waals surface area contributed by atoms with E-state index >= 15 is 0 Å². The summed E-state index contributed by atoms with van der Waals surface area (Å²) >= 11 is 5.72. The third-order valence-electron chi connectivity index (χ3n) is 4.97. The molecule has 1 N–H and O–H groups in total. The number of rotatable bonds is 3. The molecule has 1 heterocycles. The van der Waals surface area contributed by atoms with Gasteiger partial charge in [-0.2, -0.15) is 13.2 Å². The molecular formula is C15H17ClF3NO. The zero-order valence-corrected chi connectivity index (χ0v) is 12.4. The first-order valence-electron chi connectivity index (χ1n) is 6.92. The van der Waals surface area contributed by atoms with E-state index in [1.165, 1.54) is 12.1 Å². The number of fused-ring (bicyclic) bond motifs is 1. The first-order valence-corrected chi connectivity index (χ1v) is 7.29. The minimum absolute atomic E-state index is 0.0866. The van der Waals surface area contributed by atoms with Crippen LogP contribution in [0.5, 0.6) is 0 Å². The lowest BCUT2D eigenvalue weighted by Crippen LogP contribution is -2.40. The minimum Gasteiger partial charge on any atom is -0.384 e. The number of hydrogen-bond acceptors (Lipinski definition) is 2. The molecule has 0 unspecified atom stereocenters. The van der Waals surface area contributed by atoms with Crippen LogP contribution >= 0.6 is 11.6 Å². The lowest BCUT2D eigenvalue weighted by atomic mass is 9.81. The van der Waals surface area contributed by atoms with Gasteiger partial charge in [-0.25, -0.2) is 0 Å². The molecule has 0 amide bonds. The molecule has 2 aliphatic rings. The van der Waals surface area contributed by atoms with Crippen LogP contribution in [-0.4, -0.2) is 26.8 Å². The van der Waals surface area contributed by atoms with Gasteiger partial charge in [0.1, 0.15) is 0 Å². The summed E-state index contributed by atoms with van der Waals surface area (Å²) in [5.41, 5.74) is -0.305. The zero-order chi connectivity index (χ0) is 15.3. The molecule has 6 heteroatoms. The summed E-state index contributed by atoms with van der Waals surface area (Å²) in [7, 11) is 1.63. The van der Waals surface area contributed by atoms with E-state index in [9.17, 15) is 13.2 Å². The Labute approximate surface area is 126 Å². The maximum absolute atomic E-state index is 13.1. The molecule has 1 aliphatic heterocycles. The van der Waals surface area contributed by atoms with E-state index in [1.54, 1.807) is 13.2 Å². The highest BCUT2D eigenvalue weighted by Crippen LogP contribution is 2.68. The van der Waals surface area contributed by atoms with Gasteiger partial charge in [-0.05, 0) is 37.1 Å². The third kappa shape index (κ3) is 2.26. The molecule has 0 aromatic heterocycles. The van der Waals surface area contributed by atoms with Crippen LogP contribution in [0, 0.1) is 5.41 Å². The molecular weight excluding hydrogens is 303 g/mol. The number of nitrogens with one attached hydrogen (secondary N) is 1. The summed E-state index contributed by atoms with van der Waals surface area (Å²) < 4.78 is 44.5. The number of piperidine rings is 1. The van der Waals surface area contributed by atoms with Gasteiger partial charge in [-0.3, -0.25) is 0 Å². The standard InChI is InChI=1S/C15H17ClF3NO/c1-21-9-13-7-14(13,4-5-20-8-13)10-2-3-12(16)11(6-10)15(17,18)19/h2-3,6,20H,4-5,7-9H2,1H3/t13-,14+/m1/s1. The van der Waals surface area contributed by atoms with Crippen LogP contribution in [0.4, 0.5) is 13.2 Å². The second kappa shape index (κ2) is 4.86. The van der Waals surface area contributed by atoms with Crippen molar-refractivity contribution in [2.24, 2.45) is 5.41 Å². The molecule has 1 aromatic rings. The summed E-state index contributed by atoms with van der Waals surface area (Å²) in [6.45, 7) is 2.16. The highest BCUT2D eigenvalue weighted by molar-refractivity contribution is 6.31. The zero-order valence-electron chi connectivity index (χ0n) is 11.7. The fourth-order valence-electron chi connectivity index (χ4n) is 3.86. The number of methoxy groups -OCH3 is 1. The predicted octanol–water partition coefficient (Wildman–Crippen LogP) is 3.63. The van der Waals surface area contributed by atoms with Crippen molar-refractivity contribution in [3.05, 3.63) is 34.3 Å². The number of alkyl halides is 3. The second-order valence-corrected chi connectivity index (χ2v) is 6.50. The van der Waals surface area contributed by atoms with Crippen molar-refractivity contribution in [3.8, 4) is 0 Å². The van der Waals surface area contributed by atoms with Crippen LogP contribution in [-0.2, 0) is 16.3 Å². The van der Waals surface area contributed by atoms with Crippen LogP contribution in [0.3, 0.4) is 0 Å². The first-order chi connectivity index (χ1) is 9.85. The predicted molar refractivity (Wildman–Crippen MR) is 74.5 cm³/mol. The highest BCUT2D eigenvalue weighted by Gasteiger charge is 2.68. The molecule has 2 nitrogen and oxygen atoms in total. The van der Waals surface area contributed by atoms with Gasteiger partial charge in [-0.15, -0.1) is 0 Å². The molecule has 1 saturated carbocycles. The van der Waals surface area contributed by atoms with Gasteiger partial charge < -0.3 is 10.1 Å². The maximum atomic E-state index is 13.1. The molecule has 0 bridgehead atoms. The van der Waals surface area contributed by atoms with Crippen molar-refractivity contribution in [3.63, 3.8) is 0 Å². The van der Waals surface area contributed by atoms with Crippen molar-refractivity contribution in [1.82, 2.24) is 5.32 Å². The molecule has 0 radical (unpaired) electrons. The van der Waals surface area contributed by atoms with Crippen molar-refractivity contribution in [2.45, 2.75) is 24.4 Å². The number of halogens is 4. The lowest BCUT2D eigenvalue weighted by Gasteiger charge is -2.31. The van der Waals surface area contributed by atoms with E-state index in [2.05, 4.69) is 5.32 Å². The van der Waals surface area contributed by atoms with E-state index in [0.717, 1.165) is 31.5 Å². The van der Waals surface area contributed by atoms with E-state index in [-0.39, 0.29) is 15.9 Å². The Balaban J connectivity index is 2.01. The van der Waals surface area contributed by atoms with Crippen LogP contribution in [0.15, 0.2) is 18.2 Å². The number of hydrogen-bond donors (Lipinski definition) is 1. The van der Waals surface area contributed by atoms with Crippen LogP contribution in [0.1, 0.15) is 24.0 Å². The molecule has 3 rings (SSSR count). The van der Waals surface area contributed by atoms with Gasteiger partial charge in [0, 0.05) is 24.5 Å². The largest absolute Gasteiger partial charge is 0.417 e. The monoisotopic (exact) mass is 319 g/mol. The molecule has 116 valence electrons. The average molecular weight is 320 g/mol. The quantitative estimate of drug-likeness (QED) is 0.918. The average Bonchev–Trinajstić information content (AvgIpc) is 3.08. The fourth-order valence-corrected chi connectivity index (χ4v) is 4.08. The van der Waals surface area contributed by atoms with E-state index in [4.69, 9.17) is 16.3 Å². The molecule has 0 spiro atoms. The van der Waals surface area contributed by atoms with Crippen molar-refractivity contribution in [2.75, 3.05) is 26.8 Å². The molecule has 1 aromatic carbocycles. The van der Waals surface area contributed by atoms with Gasteiger partial charge >= 0.3 is 6.18 Å². The van der Waals surface area contributed by atoms with Gasteiger partial charge in [0.25, 0.3) is 0 Å². The smallest absolute Gasteiger partial charge is 0.384 e. The number of ether oxygens (including phenoxy) is 1. The van der Waals surface area contributed by atoms with Crippen molar-refractivity contribution in [1.29, 1.82) is 0 Å². The van der Waals surface area contributed by atoms with Crippen molar-refractivity contribution >= 4 is 11.6 Å². The topological polar surface area (TPSA) is 21.3 Å². The Hall–Kier alpha value is -0.780. The van der Waals surface area contributed by atoms with E-state index < -0.39 is 11.7 Å². The Morgan fingerprint density at radius 1 is 1.38 bits per heavy atom. The molecule has 21 heavy (non-hydrogen) atoms. The van der Waals surface area contributed by atoms with Crippen LogP contribution < -0.4 is 5.32 Å². The van der Waals surface area contributed by atoms with Gasteiger partial charge in [0.05, 0.1) is 17.2 Å². The lowest BCUT2D eigenvalue weighted by molar-refractivity contribution is -0.137. The van der Waals surface area contributed by atoms with E-state index in [0.29, 0.717) is 6.61 Å². The fraction of sp³-hybridized carbons (Fsp3) is 0.600. The summed E-state index contributed by atoms with van der Waals surface area (Å²) in [6.07, 6.45) is -2.73. The highest BCUT2D eigenvalue weighted by atomic mass is 35.5. The summed E-state index contributed by atoms with van der Waals surface area (Å²) in [5.74, 6) is 0. The SMILES string of the molecule is COC[C@@]12CNCC[C@@]1(c1ccc(Cl)c(C(F)(F)F)c1)C2. The Morgan fingerprint density at radius 3 is 2.81 bits per heavy atom. The third-order valence-corrected chi connectivity index (χ3v) is 5.30. The summed E-state index contributed by atoms with van der Waals surface area (Å²) in [6, 6.07) is 4.33. The first kappa shape index (κ1) is 15.1. The van der Waals surface area contributed by atoms with Crippen molar-refractivity contribution < 1.29 is 17.9 Å². The number of benzene rings is 1. The minimum atomic E-state index is -4.42. The van der Waals surface area contributed by atoms with E-state index in [1.807, 2.05) is 0 Å². The van der Waals surface area contributed by atoms with Gasteiger partial charge in [-0.1, -0.05) is 17.7 Å². The second-order valence-electron chi connectivity index (χ2n) is 6.09. The molecule has 2 fully saturated rings. The Kier molecular flexibility index (Phi) is 3.50. The molecule has 1 aliphatic carbocycles. The van der Waals surface area contributed by atoms with Crippen LogP contribution in [0.2, 0.25) is 5.02 Å². The van der Waals surface area contributed by atoms with Gasteiger partial charge in [0.15, 0.2) is 0 Å². The maximum Gasteiger partial charge on any atom is 0.417 e. The Bertz CT molecular complexity index is 558.